The number of thioether (sulfide) groups is 1. The number of nitrogens with zero attached hydrogens (tertiary/aromatic N) is 2. The Morgan fingerprint density at radius 1 is 1.27 bits per heavy atom. The molecule has 0 atom stereocenters. The van der Waals surface area contributed by atoms with Crippen molar-refractivity contribution < 1.29 is 4.79 Å². The smallest absolute Gasteiger partial charge is 0.260 e. The van der Waals surface area contributed by atoms with E-state index in [-0.39, 0.29) is 29.3 Å². The predicted octanol–water partition coefficient (Wildman–Crippen LogP) is 4.45. The summed E-state index contributed by atoms with van der Waals surface area (Å²) in [4.78, 5) is 36.1. The van der Waals surface area contributed by atoms with Gasteiger partial charge in [-0.25, -0.2) is 4.98 Å². The van der Waals surface area contributed by atoms with Crippen LogP contribution in [-0.2, 0) is 4.79 Å². The van der Waals surface area contributed by atoms with Gasteiger partial charge in [0.25, 0.3) is 5.56 Å². The van der Waals surface area contributed by atoms with Crippen molar-refractivity contribution in [2.75, 3.05) is 5.75 Å². The monoisotopic (exact) mass is 407 g/mol. The summed E-state index contributed by atoms with van der Waals surface area (Å²) in [6, 6.07) is 4.25. The van der Waals surface area contributed by atoms with Gasteiger partial charge in [-0.05, 0) is 39.1 Å². The van der Waals surface area contributed by atoms with Crippen LogP contribution in [-0.4, -0.2) is 38.6 Å². The van der Waals surface area contributed by atoms with Gasteiger partial charge in [0.15, 0.2) is 5.16 Å². The number of aromatic amines is 1. The Hall–Kier alpha value is -1.64. The molecular formula is C18H21N3O2S3. The van der Waals surface area contributed by atoms with Gasteiger partial charge in [0, 0.05) is 27.9 Å². The van der Waals surface area contributed by atoms with E-state index in [1.807, 2.05) is 55.5 Å². The summed E-state index contributed by atoms with van der Waals surface area (Å²) in [6.45, 7) is 8.03. The summed E-state index contributed by atoms with van der Waals surface area (Å²) in [6.07, 6.45) is 0. The third kappa shape index (κ3) is 3.87. The van der Waals surface area contributed by atoms with E-state index < -0.39 is 0 Å². The van der Waals surface area contributed by atoms with E-state index in [4.69, 9.17) is 0 Å². The van der Waals surface area contributed by atoms with Gasteiger partial charge in [0.05, 0.1) is 11.1 Å². The molecule has 0 aliphatic rings. The fourth-order valence-corrected chi connectivity index (χ4v) is 5.54. The molecule has 3 aromatic rings. The number of H-pyrrole nitrogens is 1. The third-order valence-electron chi connectivity index (χ3n) is 3.94. The first kappa shape index (κ1) is 19.1. The summed E-state index contributed by atoms with van der Waals surface area (Å²) in [5.74, 6) is 0.307. The van der Waals surface area contributed by atoms with Crippen molar-refractivity contribution >= 4 is 50.6 Å². The second-order valence-corrected chi connectivity index (χ2v) is 9.22. The number of carbonyl (C=O) groups excluding carboxylic acids is 1. The summed E-state index contributed by atoms with van der Waals surface area (Å²) in [7, 11) is 0. The highest BCUT2D eigenvalue weighted by Gasteiger charge is 2.21. The molecule has 0 aliphatic heterocycles. The van der Waals surface area contributed by atoms with Crippen molar-refractivity contribution in [3.8, 4) is 10.4 Å². The largest absolute Gasteiger partial charge is 0.337 e. The van der Waals surface area contributed by atoms with Crippen LogP contribution in [0.15, 0.2) is 32.8 Å². The van der Waals surface area contributed by atoms with E-state index >= 15 is 0 Å². The lowest BCUT2D eigenvalue weighted by Crippen LogP contribution is -2.43. The van der Waals surface area contributed by atoms with E-state index in [1.165, 1.54) is 23.1 Å². The lowest BCUT2D eigenvalue weighted by Gasteiger charge is -2.30. The van der Waals surface area contributed by atoms with Crippen molar-refractivity contribution in [1.29, 1.82) is 0 Å². The van der Waals surface area contributed by atoms with E-state index in [2.05, 4.69) is 9.97 Å². The standard InChI is InChI=1S/C18H21N3O2S3/c1-10(2)21(11(3)4)14(22)9-26-18-19-16(23)15-12(8-25-17(15)20-18)13-6-5-7-24-13/h5-8,10-11H,9H2,1-4H3,(H,19,20,23). The predicted molar refractivity (Wildman–Crippen MR) is 111 cm³/mol. The molecule has 1 amide bonds. The van der Waals surface area contributed by atoms with Gasteiger partial charge in [-0.3, -0.25) is 9.59 Å². The molecule has 3 heterocycles. The molecule has 0 fully saturated rings. The van der Waals surface area contributed by atoms with Crippen LogP contribution < -0.4 is 5.56 Å². The van der Waals surface area contributed by atoms with Gasteiger partial charge in [-0.1, -0.05) is 17.8 Å². The first-order chi connectivity index (χ1) is 12.4. The van der Waals surface area contributed by atoms with Gasteiger partial charge in [0.2, 0.25) is 5.91 Å². The molecular weight excluding hydrogens is 386 g/mol. The molecule has 0 aromatic carbocycles. The number of rotatable bonds is 6. The Morgan fingerprint density at radius 3 is 2.62 bits per heavy atom. The average Bonchev–Trinajstić information content (AvgIpc) is 3.21. The molecule has 1 N–H and O–H groups in total. The minimum atomic E-state index is -0.154. The fraction of sp³-hybridized carbons (Fsp3) is 0.389. The Balaban J connectivity index is 1.82. The molecule has 0 unspecified atom stereocenters. The number of thiophene rings is 2. The van der Waals surface area contributed by atoms with Gasteiger partial charge < -0.3 is 9.88 Å². The molecule has 0 radical (unpaired) electrons. The SMILES string of the molecule is CC(C)N(C(=O)CSc1nc2scc(-c3cccs3)c2c(=O)[nH]1)C(C)C. The first-order valence-corrected chi connectivity index (χ1v) is 11.1. The van der Waals surface area contributed by atoms with Gasteiger partial charge in [-0.15, -0.1) is 22.7 Å². The van der Waals surface area contributed by atoms with Crippen molar-refractivity contribution in [2.24, 2.45) is 0 Å². The highest BCUT2D eigenvalue weighted by molar-refractivity contribution is 7.99. The number of amides is 1. The Bertz CT molecular complexity index is 950. The highest BCUT2D eigenvalue weighted by Crippen LogP contribution is 2.34. The van der Waals surface area contributed by atoms with Crippen LogP contribution in [0.25, 0.3) is 20.7 Å². The van der Waals surface area contributed by atoms with Crippen LogP contribution in [0.3, 0.4) is 0 Å². The maximum Gasteiger partial charge on any atom is 0.260 e. The first-order valence-electron chi connectivity index (χ1n) is 8.37. The molecule has 26 heavy (non-hydrogen) atoms. The van der Waals surface area contributed by atoms with E-state index in [9.17, 15) is 9.59 Å². The second kappa shape index (κ2) is 7.94. The van der Waals surface area contributed by atoms with Gasteiger partial charge in [-0.2, -0.15) is 0 Å². The highest BCUT2D eigenvalue weighted by atomic mass is 32.2. The zero-order valence-corrected chi connectivity index (χ0v) is 17.6. The minimum absolute atomic E-state index is 0.0493. The number of hydrogen-bond donors (Lipinski definition) is 1. The molecule has 0 spiro atoms. The number of carbonyl (C=O) groups is 1. The van der Waals surface area contributed by atoms with Crippen LogP contribution in [0, 0.1) is 0 Å². The Kier molecular flexibility index (Phi) is 5.84. The fourth-order valence-electron chi connectivity index (χ4n) is 2.99. The molecule has 0 bridgehead atoms. The lowest BCUT2D eigenvalue weighted by atomic mass is 10.2. The van der Waals surface area contributed by atoms with Crippen LogP contribution >= 0.6 is 34.4 Å². The minimum Gasteiger partial charge on any atom is -0.337 e. The molecule has 0 aliphatic carbocycles. The molecule has 138 valence electrons. The van der Waals surface area contributed by atoms with Crippen molar-refractivity contribution in [1.82, 2.24) is 14.9 Å². The quantitative estimate of drug-likeness (QED) is 0.484. The van der Waals surface area contributed by atoms with Crippen LogP contribution in [0.1, 0.15) is 27.7 Å². The number of nitrogens with one attached hydrogen (secondary N) is 1. The van der Waals surface area contributed by atoms with E-state index in [1.54, 1.807) is 11.3 Å². The summed E-state index contributed by atoms with van der Waals surface area (Å²) < 4.78 is 0. The van der Waals surface area contributed by atoms with Gasteiger partial charge in [0.1, 0.15) is 4.83 Å². The Labute approximate surface area is 164 Å². The number of fused-ring (bicyclic) bond motifs is 1. The molecule has 8 heteroatoms. The molecule has 0 saturated heterocycles. The molecule has 0 saturated carbocycles. The van der Waals surface area contributed by atoms with Crippen molar-refractivity contribution in [3.63, 3.8) is 0 Å². The van der Waals surface area contributed by atoms with Crippen molar-refractivity contribution in [3.05, 3.63) is 33.2 Å². The zero-order chi connectivity index (χ0) is 18.8. The van der Waals surface area contributed by atoms with Crippen LogP contribution in [0.5, 0.6) is 0 Å². The van der Waals surface area contributed by atoms with E-state index in [0.29, 0.717) is 15.4 Å². The molecule has 3 aromatic heterocycles. The Morgan fingerprint density at radius 2 is 2.00 bits per heavy atom. The lowest BCUT2D eigenvalue weighted by molar-refractivity contribution is -0.131. The molecule has 5 nitrogen and oxygen atoms in total. The summed E-state index contributed by atoms with van der Waals surface area (Å²) in [5, 5.41) is 5.07. The average molecular weight is 408 g/mol. The molecule has 3 rings (SSSR count). The second-order valence-electron chi connectivity index (χ2n) is 6.46. The maximum atomic E-state index is 12.6. The summed E-state index contributed by atoms with van der Waals surface area (Å²) in [5.41, 5.74) is 0.770. The van der Waals surface area contributed by atoms with Gasteiger partial charge >= 0.3 is 0 Å². The van der Waals surface area contributed by atoms with Crippen molar-refractivity contribution in [2.45, 2.75) is 44.9 Å². The third-order valence-corrected chi connectivity index (χ3v) is 6.58. The van der Waals surface area contributed by atoms with E-state index in [0.717, 1.165) is 10.4 Å². The summed E-state index contributed by atoms with van der Waals surface area (Å²) >= 11 is 4.34. The number of aromatic nitrogens is 2. The zero-order valence-electron chi connectivity index (χ0n) is 15.1. The van der Waals surface area contributed by atoms with Crippen LogP contribution in [0.2, 0.25) is 0 Å². The number of hydrogen-bond acceptors (Lipinski definition) is 6. The normalized spacial score (nSPS) is 11.6. The maximum absolute atomic E-state index is 12.6. The topological polar surface area (TPSA) is 66.1 Å². The van der Waals surface area contributed by atoms with Crippen LogP contribution in [0.4, 0.5) is 0 Å².